The highest BCUT2D eigenvalue weighted by Crippen LogP contribution is 2.52. The molecule has 0 unspecified atom stereocenters. The molecule has 0 saturated heterocycles. The van der Waals surface area contributed by atoms with Gasteiger partial charge in [0.2, 0.25) is 0 Å². The molecule has 4 nitrogen and oxygen atoms in total. The predicted octanol–water partition coefficient (Wildman–Crippen LogP) is 23.3. The van der Waals surface area contributed by atoms with Crippen molar-refractivity contribution in [1.29, 1.82) is 0 Å². The molecular formula is C86H79BN4S2. The van der Waals surface area contributed by atoms with Gasteiger partial charge in [0.05, 0.1) is 33.4 Å². The number of thiophene rings is 2. The molecule has 0 atom stereocenters. The highest BCUT2D eigenvalue weighted by Gasteiger charge is 2.45. The van der Waals surface area contributed by atoms with Crippen LogP contribution < -0.4 is 26.2 Å². The first-order valence-electron chi connectivity index (χ1n) is 34.0. The topological polar surface area (TPSA) is 16.3 Å². The quantitative estimate of drug-likeness (QED) is 0.127. The molecule has 17 rings (SSSR count). The molecule has 2 aliphatic heterocycles. The number of nitrogens with zero attached hydrogens (tertiary/aromatic N) is 4. The van der Waals surface area contributed by atoms with Crippen molar-refractivity contribution >= 4 is 164 Å². The van der Waals surface area contributed by atoms with E-state index in [1.54, 1.807) is 0 Å². The van der Waals surface area contributed by atoms with E-state index in [9.17, 15) is 0 Å². The van der Waals surface area contributed by atoms with Gasteiger partial charge in [0.25, 0.3) is 6.71 Å². The third-order valence-electron chi connectivity index (χ3n) is 20.7. The summed E-state index contributed by atoms with van der Waals surface area (Å²) in [4.78, 5) is 5.52. The van der Waals surface area contributed by atoms with Crippen LogP contribution in [0.3, 0.4) is 0 Å². The molecule has 2 aliphatic rings. The smallest absolute Gasteiger partial charge is 0.252 e. The Kier molecular flexibility index (Phi) is 13.3. The van der Waals surface area contributed by atoms with Crippen LogP contribution in [0.4, 0.5) is 34.1 Å². The van der Waals surface area contributed by atoms with Crippen molar-refractivity contribution in [3.63, 3.8) is 0 Å². The number of hydrogen-bond donors (Lipinski definition) is 0. The fourth-order valence-electron chi connectivity index (χ4n) is 15.8. The SMILES string of the molecule is CCCCc1cc2c(cc1N1c3cc(-n4c5ccccc5c5cc(C(C)(C)C)ccc54)ccc3B3c4ccc(-n5c6ccccc6c6cc(C(C)(C)C)ccc65)cc4N(c4cc5sc6ccccc6c5cc4CCCC)c4cc(C(C)(C)C)cc1c43)sc1ccccc12. The monoisotopic (exact) mass is 1240 g/mol. The van der Waals surface area contributed by atoms with Crippen molar-refractivity contribution in [2.24, 2.45) is 0 Å². The lowest BCUT2D eigenvalue weighted by Crippen LogP contribution is -2.61. The summed E-state index contributed by atoms with van der Waals surface area (Å²) in [6, 6.07) is 81.3. The Hall–Kier alpha value is -8.88. The number of fused-ring (bicyclic) bond motifs is 16. The number of rotatable bonds is 10. The van der Waals surface area contributed by atoms with Gasteiger partial charge in [-0.1, -0.05) is 186 Å². The van der Waals surface area contributed by atoms with E-state index >= 15 is 0 Å². The van der Waals surface area contributed by atoms with E-state index in [-0.39, 0.29) is 23.0 Å². The second kappa shape index (κ2) is 21.3. The lowest BCUT2D eigenvalue weighted by Gasteiger charge is -2.46. The summed E-state index contributed by atoms with van der Waals surface area (Å²) in [5.41, 5.74) is 25.3. The summed E-state index contributed by atoms with van der Waals surface area (Å²) in [6.45, 7) is 25.8. The van der Waals surface area contributed by atoms with Crippen LogP contribution in [0.2, 0.25) is 0 Å². The maximum atomic E-state index is 2.76. The van der Waals surface area contributed by atoms with Crippen LogP contribution in [0.5, 0.6) is 0 Å². The van der Waals surface area contributed by atoms with Gasteiger partial charge in [-0.3, -0.25) is 0 Å². The highest BCUT2D eigenvalue weighted by molar-refractivity contribution is 7.26. The first kappa shape index (κ1) is 58.0. The van der Waals surface area contributed by atoms with Gasteiger partial charge in [0.1, 0.15) is 0 Å². The number of hydrogen-bond acceptors (Lipinski definition) is 4. The molecule has 4 aromatic heterocycles. The largest absolute Gasteiger partial charge is 0.311 e. The van der Waals surface area contributed by atoms with Crippen LogP contribution in [0.1, 0.15) is 130 Å². The van der Waals surface area contributed by atoms with Crippen molar-refractivity contribution in [2.45, 2.75) is 131 Å². The molecule has 93 heavy (non-hydrogen) atoms. The van der Waals surface area contributed by atoms with E-state index in [1.807, 2.05) is 22.7 Å². The third kappa shape index (κ3) is 9.10. The average Bonchev–Trinajstić information content (AvgIpc) is 1.58. The number of anilines is 6. The molecule has 6 heterocycles. The lowest BCUT2D eigenvalue weighted by atomic mass is 9.33. The predicted molar refractivity (Wildman–Crippen MR) is 408 cm³/mol. The molecule has 0 aliphatic carbocycles. The van der Waals surface area contributed by atoms with Crippen molar-refractivity contribution < 1.29 is 0 Å². The van der Waals surface area contributed by atoms with Gasteiger partial charge in [-0.2, -0.15) is 0 Å². The van der Waals surface area contributed by atoms with E-state index < -0.39 is 0 Å². The van der Waals surface area contributed by atoms with E-state index in [1.165, 1.54) is 162 Å². The minimum atomic E-state index is -0.215. The van der Waals surface area contributed by atoms with Crippen molar-refractivity contribution in [1.82, 2.24) is 9.13 Å². The zero-order valence-electron chi connectivity index (χ0n) is 55.6. The average molecular weight is 1240 g/mol. The van der Waals surface area contributed by atoms with Gasteiger partial charge in [0.15, 0.2) is 0 Å². The van der Waals surface area contributed by atoms with Crippen LogP contribution in [0.25, 0.3) is 95.3 Å². The Labute approximate surface area is 555 Å². The van der Waals surface area contributed by atoms with Crippen LogP contribution >= 0.6 is 22.7 Å². The van der Waals surface area contributed by atoms with E-state index in [0.29, 0.717) is 0 Å². The summed E-state index contributed by atoms with van der Waals surface area (Å²) in [5, 5.41) is 10.5. The summed E-state index contributed by atoms with van der Waals surface area (Å²) in [5.74, 6) is 0. The van der Waals surface area contributed by atoms with Gasteiger partial charge in [0, 0.05) is 96.0 Å². The molecule has 15 aromatic rings. The summed E-state index contributed by atoms with van der Waals surface area (Å²) in [7, 11) is 0. The fraction of sp³-hybridized carbons (Fsp3) is 0.233. The van der Waals surface area contributed by atoms with Gasteiger partial charge in [-0.05, 0) is 195 Å². The number of unbranched alkanes of at least 4 members (excludes halogenated alkanes) is 2. The molecule has 0 fully saturated rings. The highest BCUT2D eigenvalue weighted by atomic mass is 32.1. The first-order chi connectivity index (χ1) is 44.9. The molecule has 0 bridgehead atoms. The minimum absolute atomic E-state index is 0.00153. The number of para-hydroxylation sites is 2. The van der Waals surface area contributed by atoms with Gasteiger partial charge >= 0.3 is 0 Å². The summed E-state index contributed by atoms with van der Waals surface area (Å²) >= 11 is 3.86. The van der Waals surface area contributed by atoms with E-state index in [0.717, 1.165) is 49.9 Å². The fourth-order valence-corrected chi connectivity index (χ4v) is 18.0. The van der Waals surface area contributed by atoms with Crippen molar-refractivity contribution in [3.8, 4) is 11.4 Å². The zero-order valence-corrected chi connectivity index (χ0v) is 57.2. The van der Waals surface area contributed by atoms with Crippen LogP contribution in [-0.2, 0) is 29.1 Å². The molecule has 7 heteroatoms. The maximum absolute atomic E-state index is 2.76. The lowest BCUT2D eigenvalue weighted by molar-refractivity contribution is 0.590. The molecule has 0 amide bonds. The Morgan fingerprint density at radius 3 is 1.14 bits per heavy atom. The Balaban J connectivity index is 1.00. The number of aromatic nitrogens is 2. The Morgan fingerprint density at radius 1 is 0.323 bits per heavy atom. The summed E-state index contributed by atoms with van der Waals surface area (Å²) < 4.78 is 10.4. The third-order valence-corrected chi connectivity index (χ3v) is 23.0. The second-order valence-corrected chi connectivity index (χ2v) is 32.0. The second-order valence-electron chi connectivity index (χ2n) is 29.8. The molecule has 0 N–H and O–H groups in total. The van der Waals surface area contributed by atoms with Gasteiger partial charge in [-0.15, -0.1) is 22.7 Å². The van der Waals surface area contributed by atoms with Crippen LogP contribution in [-0.4, -0.2) is 15.8 Å². The standard InChI is InChI=1S/C86H79BN4S2/c1-12-14-24-52-42-65-61-28-18-22-32-79(61)92-81(65)50-73(52)90-75-48-57(88-69-30-20-16-26-59(69)63-44-54(84(3,4)5)34-40-71(63)88)36-38-67(75)87-68-39-37-58(89-70-31-21-17-27-60(70)64-45-55(85(6,7)8)35-41-72(64)89)49-76(68)91(78-47-56(86(9,10)11)46-77(90)83(78)87)74-51-82-66(43-53(74)25-15-13-2)62-29-19-23-33-80(62)93-82/h16-23,26-51H,12-15,24-25H2,1-11H3. The Morgan fingerprint density at radius 2 is 0.720 bits per heavy atom. The zero-order chi connectivity index (χ0) is 63.6. The van der Waals surface area contributed by atoms with Crippen LogP contribution in [0, 0.1) is 0 Å². The van der Waals surface area contributed by atoms with Gasteiger partial charge in [-0.25, -0.2) is 0 Å². The van der Waals surface area contributed by atoms with E-state index in [4.69, 9.17) is 0 Å². The maximum Gasteiger partial charge on any atom is 0.252 e. The molecule has 11 aromatic carbocycles. The first-order valence-corrected chi connectivity index (χ1v) is 35.6. The van der Waals surface area contributed by atoms with Gasteiger partial charge < -0.3 is 18.9 Å². The normalized spacial score (nSPS) is 13.5. The molecule has 0 saturated carbocycles. The number of aryl methyl sites for hydroxylation is 2. The van der Waals surface area contributed by atoms with E-state index in [2.05, 4.69) is 301 Å². The molecule has 458 valence electrons. The number of benzene rings is 11. The summed E-state index contributed by atoms with van der Waals surface area (Å²) in [6.07, 6.45) is 6.34. The van der Waals surface area contributed by atoms with Crippen molar-refractivity contribution in [3.05, 3.63) is 234 Å². The van der Waals surface area contributed by atoms with Crippen LogP contribution in [0.15, 0.2) is 206 Å². The molecule has 0 spiro atoms. The molecule has 0 radical (unpaired) electrons. The Bertz CT molecular complexity index is 5260. The van der Waals surface area contributed by atoms with Crippen molar-refractivity contribution in [2.75, 3.05) is 9.80 Å². The minimum Gasteiger partial charge on any atom is -0.311 e. The molecular weight excluding hydrogens is 1160 g/mol.